The maximum atomic E-state index is 12.7. The monoisotopic (exact) mass is 340 g/mol. The van der Waals surface area contributed by atoms with Crippen molar-refractivity contribution in [2.75, 3.05) is 33.7 Å². The van der Waals surface area contributed by atoms with Crippen molar-refractivity contribution in [2.24, 2.45) is 5.92 Å². The van der Waals surface area contributed by atoms with Gasteiger partial charge in [-0.1, -0.05) is 11.6 Å². The fraction of sp³-hybridized carbons (Fsp3) is 0.765. The lowest BCUT2D eigenvalue weighted by atomic mass is 9.97. The number of aromatic nitrogens is 2. The van der Waals surface area contributed by atoms with Crippen molar-refractivity contribution in [1.82, 2.24) is 19.6 Å². The minimum atomic E-state index is 0.0305. The number of hydrogen-bond donors (Lipinski definition) is 0. The zero-order valence-electron chi connectivity index (χ0n) is 15.0. The van der Waals surface area contributed by atoms with Gasteiger partial charge in [-0.05, 0) is 53.6 Å². The van der Waals surface area contributed by atoms with Crippen molar-refractivity contribution in [3.63, 3.8) is 0 Å². The van der Waals surface area contributed by atoms with E-state index in [2.05, 4.69) is 24.1 Å². The number of rotatable bonds is 5. The maximum absolute atomic E-state index is 12.7. The summed E-state index contributed by atoms with van der Waals surface area (Å²) in [6.07, 6.45) is 2.79. The molecule has 1 aliphatic rings. The number of likely N-dealkylation sites (tertiary alicyclic amines) is 1. The Labute approximate surface area is 144 Å². The summed E-state index contributed by atoms with van der Waals surface area (Å²) in [6, 6.07) is 0.0305. The molecule has 23 heavy (non-hydrogen) atoms. The highest BCUT2D eigenvalue weighted by atomic mass is 35.5. The maximum Gasteiger partial charge on any atom is 0.224 e. The molecule has 0 N–H and O–H groups in total. The zero-order chi connectivity index (χ0) is 17.1. The van der Waals surface area contributed by atoms with Crippen LogP contribution >= 0.6 is 11.6 Å². The van der Waals surface area contributed by atoms with Crippen molar-refractivity contribution in [2.45, 2.75) is 46.1 Å². The fourth-order valence-electron chi connectivity index (χ4n) is 3.50. The van der Waals surface area contributed by atoms with Gasteiger partial charge in [0, 0.05) is 26.1 Å². The normalized spacial score (nSPS) is 20.1. The standard InChI is InChI=1S/C17H29ClN4O/c1-12(22-14(3)17(18)13(2)19-22)9-16(23)21-8-6-7-15(11-21)10-20(4)5/h12,15H,6-11H2,1-5H3. The van der Waals surface area contributed by atoms with Gasteiger partial charge in [-0.3, -0.25) is 9.48 Å². The van der Waals surface area contributed by atoms with E-state index in [1.807, 2.05) is 30.4 Å². The number of nitrogens with zero attached hydrogens (tertiary/aromatic N) is 4. The van der Waals surface area contributed by atoms with E-state index in [4.69, 9.17) is 11.6 Å². The lowest BCUT2D eigenvalue weighted by molar-refractivity contribution is -0.133. The van der Waals surface area contributed by atoms with Crippen LogP contribution in [0.5, 0.6) is 0 Å². The van der Waals surface area contributed by atoms with Crippen LogP contribution in [0.1, 0.15) is 43.6 Å². The van der Waals surface area contributed by atoms with Gasteiger partial charge in [0.2, 0.25) is 5.91 Å². The third kappa shape index (κ3) is 4.48. The minimum absolute atomic E-state index is 0.0305. The second kappa shape index (κ2) is 7.67. The molecular weight excluding hydrogens is 312 g/mol. The number of carbonyl (C=O) groups excluding carboxylic acids is 1. The quantitative estimate of drug-likeness (QED) is 0.827. The summed E-state index contributed by atoms with van der Waals surface area (Å²) in [5, 5.41) is 5.17. The van der Waals surface area contributed by atoms with Gasteiger partial charge in [-0.2, -0.15) is 5.10 Å². The second-order valence-electron chi connectivity index (χ2n) is 7.09. The van der Waals surface area contributed by atoms with Crippen LogP contribution in [-0.4, -0.2) is 59.2 Å². The van der Waals surface area contributed by atoms with Crippen LogP contribution < -0.4 is 0 Å². The minimum Gasteiger partial charge on any atom is -0.342 e. The van der Waals surface area contributed by atoms with E-state index in [9.17, 15) is 4.79 Å². The number of piperidine rings is 1. The molecule has 1 amide bonds. The number of hydrogen-bond acceptors (Lipinski definition) is 3. The summed E-state index contributed by atoms with van der Waals surface area (Å²) >= 11 is 6.21. The summed E-state index contributed by atoms with van der Waals surface area (Å²) in [7, 11) is 4.19. The van der Waals surface area contributed by atoms with E-state index in [1.165, 1.54) is 6.42 Å². The Morgan fingerprint density at radius 3 is 2.70 bits per heavy atom. The molecule has 2 rings (SSSR count). The molecular formula is C17H29ClN4O. The van der Waals surface area contributed by atoms with Crippen molar-refractivity contribution in [3.8, 4) is 0 Å². The molecule has 5 nitrogen and oxygen atoms in total. The fourth-order valence-corrected chi connectivity index (χ4v) is 3.62. The molecule has 1 aromatic heterocycles. The first-order valence-electron chi connectivity index (χ1n) is 8.43. The smallest absolute Gasteiger partial charge is 0.224 e. The molecule has 2 unspecified atom stereocenters. The van der Waals surface area contributed by atoms with Crippen LogP contribution in [0, 0.1) is 19.8 Å². The van der Waals surface area contributed by atoms with Crippen LogP contribution in [-0.2, 0) is 4.79 Å². The van der Waals surface area contributed by atoms with Gasteiger partial charge in [-0.25, -0.2) is 0 Å². The predicted octanol–water partition coefficient (Wildman–Crippen LogP) is 2.90. The van der Waals surface area contributed by atoms with Gasteiger partial charge in [0.25, 0.3) is 0 Å². The van der Waals surface area contributed by atoms with E-state index in [0.717, 1.165) is 37.4 Å². The molecule has 2 heterocycles. The van der Waals surface area contributed by atoms with E-state index in [0.29, 0.717) is 17.4 Å². The van der Waals surface area contributed by atoms with Crippen molar-refractivity contribution >= 4 is 17.5 Å². The molecule has 1 aliphatic heterocycles. The molecule has 0 radical (unpaired) electrons. The van der Waals surface area contributed by atoms with E-state index in [-0.39, 0.29) is 11.9 Å². The molecule has 1 saturated heterocycles. The zero-order valence-corrected chi connectivity index (χ0v) is 15.7. The lowest BCUT2D eigenvalue weighted by Crippen LogP contribution is -2.43. The van der Waals surface area contributed by atoms with Gasteiger partial charge in [-0.15, -0.1) is 0 Å². The Balaban J connectivity index is 1.96. The second-order valence-corrected chi connectivity index (χ2v) is 7.47. The Hall–Kier alpha value is -1.07. The summed E-state index contributed by atoms with van der Waals surface area (Å²) in [5.41, 5.74) is 1.76. The predicted molar refractivity (Wildman–Crippen MR) is 93.9 cm³/mol. The Morgan fingerprint density at radius 2 is 2.13 bits per heavy atom. The first kappa shape index (κ1) is 18.3. The van der Waals surface area contributed by atoms with Crippen molar-refractivity contribution in [1.29, 1.82) is 0 Å². The largest absolute Gasteiger partial charge is 0.342 e. The average molecular weight is 341 g/mol. The average Bonchev–Trinajstić information content (AvgIpc) is 2.74. The van der Waals surface area contributed by atoms with Gasteiger partial charge >= 0.3 is 0 Å². The summed E-state index contributed by atoms with van der Waals surface area (Å²) in [6.45, 7) is 8.70. The molecule has 1 fully saturated rings. The van der Waals surface area contributed by atoms with Gasteiger partial charge < -0.3 is 9.80 Å². The SMILES string of the molecule is Cc1nn(C(C)CC(=O)N2CCCC(CN(C)C)C2)c(C)c1Cl. The van der Waals surface area contributed by atoms with Gasteiger partial charge in [0.1, 0.15) is 0 Å². The third-order valence-electron chi connectivity index (χ3n) is 4.62. The molecule has 0 aliphatic carbocycles. The van der Waals surface area contributed by atoms with Crippen LogP contribution in [0.2, 0.25) is 5.02 Å². The lowest BCUT2D eigenvalue weighted by Gasteiger charge is -2.34. The molecule has 0 bridgehead atoms. The highest BCUT2D eigenvalue weighted by Crippen LogP contribution is 2.25. The van der Waals surface area contributed by atoms with E-state index >= 15 is 0 Å². The third-order valence-corrected chi connectivity index (χ3v) is 5.17. The summed E-state index contributed by atoms with van der Waals surface area (Å²) < 4.78 is 1.89. The van der Waals surface area contributed by atoms with Gasteiger partial charge in [0.15, 0.2) is 0 Å². The molecule has 2 atom stereocenters. The summed E-state index contributed by atoms with van der Waals surface area (Å²) in [5.74, 6) is 0.811. The molecule has 6 heteroatoms. The van der Waals surface area contributed by atoms with Crippen LogP contribution in [0.3, 0.4) is 0 Å². The highest BCUT2D eigenvalue weighted by molar-refractivity contribution is 6.31. The van der Waals surface area contributed by atoms with Crippen LogP contribution in [0.25, 0.3) is 0 Å². The topological polar surface area (TPSA) is 41.4 Å². The van der Waals surface area contributed by atoms with Crippen LogP contribution in [0.15, 0.2) is 0 Å². The highest BCUT2D eigenvalue weighted by Gasteiger charge is 2.26. The van der Waals surface area contributed by atoms with Crippen LogP contribution in [0.4, 0.5) is 0 Å². The number of halogens is 1. The molecule has 130 valence electrons. The molecule has 1 aromatic rings. The Kier molecular flexibility index (Phi) is 6.09. The number of carbonyl (C=O) groups is 1. The van der Waals surface area contributed by atoms with E-state index < -0.39 is 0 Å². The molecule has 0 spiro atoms. The number of aryl methyl sites for hydroxylation is 1. The first-order chi connectivity index (χ1) is 10.8. The van der Waals surface area contributed by atoms with Gasteiger partial charge in [0.05, 0.1) is 22.5 Å². The van der Waals surface area contributed by atoms with Crippen molar-refractivity contribution in [3.05, 3.63) is 16.4 Å². The van der Waals surface area contributed by atoms with Crippen molar-refractivity contribution < 1.29 is 4.79 Å². The first-order valence-corrected chi connectivity index (χ1v) is 8.81. The van der Waals surface area contributed by atoms with E-state index in [1.54, 1.807) is 0 Å². The number of amides is 1. The molecule has 0 aromatic carbocycles. The summed E-state index contributed by atoms with van der Waals surface area (Å²) in [4.78, 5) is 16.9. The molecule has 0 saturated carbocycles. The Bertz CT molecular complexity index is 555. The Morgan fingerprint density at radius 1 is 1.43 bits per heavy atom.